The number of ether oxygens (including phenoxy) is 1. The summed E-state index contributed by atoms with van der Waals surface area (Å²) < 4.78 is 6.00. The molecule has 0 aromatic heterocycles. The van der Waals surface area contributed by atoms with E-state index in [1.165, 1.54) is 0 Å². The SMILES string of the molecule is CN1C(=O)C(Cc2ccccc2)Oc2cc(C(=O)NCc3ccccc3)ccc21. The lowest BCUT2D eigenvalue weighted by atomic mass is 10.0. The molecule has 2 amide bonds. The third kappa shape index (κ3) is 4.14. The Morgan fingerprint density at radius 2 is 1.62 bits per heavy atom. The molecule has 0 fully saturated rings. The lowest BCUT2D eigenvalue weighted by molar-refractivity contribution is -0.125. The van der Waals surface area contributed by atoms with E-state index >= 15 is 0 Å². The van der Waals surface area contributed by atoms with Crippen LogP contribution in [-0.4, -0.2) is 25.0 Å². The van der Waals surface area contributed by atoms with Crippen molar-refractivity contribution in [2.75, 3.05) is 11.9 Å². The number of likely N-dealkylation sites (N-methyl/N-ethyl adjacent to an activating group) is 1. The highest BCUT2D eigenvalue weighted by molar-refractivity contribution is 6.01. The van der Waals surface area contributed by atoms with Crippen LogP contribution in [0, 0.1) is 0 Å². The van der Waals surface area contributed by atoms with Crippen LogP contribution in [-0.2, 0) is 17.8 Å². The van der Waals surface area contributed by atoms with Gasteiger partial charge in [0.1, 0.15) is 5.75 Å². The largest absolute Gasteiger partial charge is 0.478 e. The second-order valence-corrected chi connectivity index (χ2v) is 7.04. The van der Waals surface area contributed by atoms with Crippen molar-refractivity contribution in [2.45, 2.75) is 19.1 Å². The first-order chi connectivity index (χ1) is 14.1. The average molecular weight is 386 g/mol. The van der Waals surface area contributed by atoms with Crippen molar-refractivity contribution >= 4 is 17.5 Å². The molecule has 0 saturated heterocycles. The van der Waals surface area contributed by atoms with Crippen LogP contribution in [0.2, 0.25) is 0 Å². The first-order valence-corrected chi connectivity index (χ1v) is 9.56. The molecule has 4 rings (SSSR count). The molecule has 0 radical (unpaired) electrons. The van der Waals surface area contributed by atoms with E-state index in [0.717, 1.165) is 11.1 Å². The van der Waals surface area contributed by atoms with Gasteiger partial charge < -0.3 is 15.0 Å². The van der Waals surface area contributed by atoms with Gasteiger partial charge in [-0.05, 0) is 29.3 Å². The fraction of sp³-hybridized carbons (Fsp3) is 0.167. The van der Waals surface area contributed by atoms with Crippen LogP contribution in [0.4, 0.5) is 5.69 Å². The van der Waals surface area contributed by atoms with Gasteiger partial charge in [0.15, 0.2) is 6.10 Å². The van der Waals surface area contributed by atoms with E-state index in [-0.39, 0.29) is 11.8 Å². The van der Waals surface area contributed by atoms with Crippen molar-refractivity contribution < 1.29 is 14.3 Å². The zero-order chi connectivity index (χ0) is 20.2. The van der Waals surface area contributed by atoms with Gasteiger partial charge in [-0.15, -0.1) is 0 Å². The van der Waals surface area contributed by atoms with Crippen molar-refractivity contribution in [1.29, 1.82) is 0 Å². The standard InChI is InChI=1S/C24H22N2O3/c1-26-20-13-12-19(23(27)25-16-18-10-6-3-7-11-18)15-21(20)29-22(24(26)28)14-17-8-4-2-5-9-17/h2-13,15,22H,14,16H2,1H3,(H,25,27). The zero-order valence-corrected chi connectivity index (χ0v) is 16.2. The Bertz CT molecular complexity index is 1020. The van der Waals surface area contributed by atoms with E-state index in [1.807, 2.05) is 60.7 Å². The molecule has 0 aliphatic carbocycles. The Balaban J connectivity index is 1.50. The molecule has 29 heavy (non-hydrogen) atoms. The minimum absolute atomic E-state index is 0.0948. The normalized spacial score (nSPS) is 15.4. The highest BCUT2D eigenvalue weighted by Gasteiger charge is 2.32. The molecule has 1 unspecified atom stereocenters. The highest BCUT2D eigenvalue weighted by Crippen LogP contribution is 2.34. The molecule has 1 N–H and O–H groups in total. The Morgan fingerprint density at radius 1 is 0.966 bits per heavy atom. The molecular weight excluding hydrogens is 364 g/mol. The lowest BCUT2D eigenvalue weighted by Crippen LogP contribution is -2.45. The number of amides is 2. The minimum Gasteiger partial charge on any atom is -0.478 e. The summed E-state index contributed by atoms with van der Waals surface area (Å²) in [4.78, 5) is 26.9. The average Bonchev–Trinajstić information content (AvgIpc) is 2.76. The Hall–Kier alpha value is -3.60. The third-order valence-corrected chi connectivity index (χ3v) is 5.02. The number of benzene rings is 3. The first kappa shape index (κ1) is 18.7. The molecular formula is C24H22N2O3. The fourth-order valence-corrected chi connectivity index (χ4v) is 3.40. The maximum atomic E-state index is 12.7. The monoisotopic (exact) mass is 386 g/mol. The van der Waals surface area contributed by atoms with Gasteiger partial charge in [-0.25, -0.2) is 0 Å². The van der Waals surface area contributed by atoms with E-state index < -0.39 is 6.10 Å². The van der Waals surface area contributed by atoms with Crippen LogP contribution < -0.4 is 15.0 Å². The molecule has 146 valence electrons. The minimum atomic E-state index is -0.613. The van der Waals surface area contributed by atoms with E-state index in [9.17, 15) is 9.59 Å². The van der Waals surface area contributed by atoms with E-state index in [4.69, 9.17) is 4.74 Å². The number of carbonyl (C=O) groups excluding carboxylic acids is 2. The van der Waals surface area contributed by atoms with E-state index in [1.54, 1.807) is 30.1 Å². The van der Waals surface area contributed by atoms with Crippen molar-refractivity contribution in [1.82, 2.24) is 5.32 Å². The van der Waals surface area contributed by atoms with Crippen molar-refractivity contribution in [2.24, 2.45) is 0 Å². The third-order valence-electron chi connectivity index (χ3n) is 5.02. The van der Waals surface area contributed by atoms with Gasteiger partial charge >= 0.3 is 0 Å². The Labute approximate surface area is 169 Å². The number of hydrogen-bond donors (Lipinski definition) is 1. The summed E-state index contributed by atoms with van der Waals surface area (Å²) in [6.45, 7) is 0.451. The predicted molar refractivity (Wildman–Crippen MR) is 112 cm³/mol. The Morgan fingerprint density at radius 3 is 2.31 bits per heavy atom. The molecule has 3 aromatic rings. The topological polar surface area (TPSA) is 58.6 Å². The molecule has 5 nitrogen and oxygen atoms in total. The van der Waals surface area contributed by atoms with Crippen LogP contribution in [0.25, 0.3) is 0 Å². The molecule has 0 saturated carbocycles. The molecule has 1 atom stereocenters. The van der Waals surface area contributed by atoms with Gasteiger partial charge in [0.05, 0.1) is 5.69 Å². The number of nitrogens with one attached hydrogen (secondary N) is 1. The van der Waals surface area contributed by atoms with Gasteiger partial charge in [0.25, 0.3) is 11.8 Å². The highest BCUT2D eigenvalue weighted by atomic mass is 16.5. The van der Waals surface area contributed by atoms with Crippen LogP contribution >= 0.6 is 0 Å². The summed E-state index contributed by atoms with van der Waals surface area (Å²) in [5, 5.41) is 2.92. The van der Waals surface area contributed by atoms with Crippen molar-refractivity contribution in [3.63, 3.8) is 0 Å². The molecule has 3 aromatic carbocycles. The quantitative estimate of drug-likeness (QED) is 0.729. The number of anilines is 1. The number of fused-ring (bicyclic) bond motifs is 1. The predicted octanol–water partition coefficient (Wildman–Crippen LogP) is 3.58. The number of nitrogens with zero attached hydrogens (tertiary/aromatic N) is 1. The summed E-state index contributed by atoms with van der Waals surface area (Å²) in [6.07, 6.45) is -0.133. The van der Waals surface area contributed by atoms with Crippen LogP contribution in [0.15, 0.2) is 78.9 Å². The van der Waals surface area contributed by atoms with Crippen molar-refractivity contribution in [3.8, 4) is 5.75 Å². The smallest absolute Gasteiger partial charge is 0.268 e. The summed E-state index contributed by atoms with van der Waals surface area (Å²) in [7, 11) is 1.73. The van der Waals surface area contributed by atoms with Crippen LogP contribution in [0.5, 0.6) is 5.75 Å². The fourth-order valence-electron chi connectivity index (χ4n) is 3.40. The van der Waals surface area contributed by atoms with Gasteiger partial charge in [-0.2, -0.15) is 0 Å². The van der Waals surface area contributed by atoms with E-state index in [0.29, 0.717) is 30.0 Å². The van der Waals surface area contributed by atoms with Crippen LogP contribution in [0.3, 0.4) is 0 Å². The second-order valence-electron chi connectivity index (χ2n) is 7.04. The Kier molecular flexibility index (Phi) is 5.29. The maximum absolute atomic E-state index is 12.7. The number of rotatable bonds is 5. The molecule has 1 aliphatic rings. The summed E-state index contributed by atoms with van der Waals surface area (Å²) in [5.74, 6) is 0.266. The van der Waals surface area contributed by atoms with Gasteiger partial charge in [0, 0.05) is 25.6 Å². The van der Waals surface area contributed by atoms with Gasteiger partial charge in [0.2, 0.25) is 0 Å². The number of hydrogen-bond acceptors (Lipinski definition) is 3. The van der Waals surface area contributed by atoms with Crippen molar-refractivity contribution in [3.05, 3.63) is 95.6 Å². The lowest BCUT2D eigenvalue weighted by Gasteiger charge is -2.32. The molecule has 0 spiro atoms. The summed E-state index contributed by atoms with van der Waals surface area (Å²) in [6, 6.07) is 24.7. The van der Waals surface area contributed by atoms with Gasteiger partial charge in [-0.1, -0.05) is 60.7 Å². The zero-order valence-electron chi connectivity index (χ0n) is 16.2. The number of carbonyl (C=O) groups is 2. The molecule has 1 heterocycles. The maximum Gasteiger partial charge on any atom is 0.268 e. The summed E-state index contributed by atoms with van der Waals surface area (Å²) in [5.41, 5.74) is 3.22. The van der Waals surface area contributed by atoms with Gasteiger partial charge in [-0.3, -0.25) is 9.59 Å². The second kappa shape index (κ2) is 8.19. The van der Waals surface area contributed by atoms with Crippen LogP contribution in [0.1, 0.15) is 21.5 Å². The van der Waals surface area contributed by atoms with E-state index in [2.05, 4.69) is 5.32 Å². The summed E-state index contributed by atoms with van der Waals surface area (Å²) >= 11 is 0. The molecule has 0 bridgehead atoms. The first-order valence-electron chi connectivity index (χ1n) is 9.56. The molecule has 1 aliphatic heterocycles. The molecule has 5 heteroatoms.